The van der Waals surface area contributed by atoms with Crippen molar-refractivity contribution < 1.29 is 9.63 Å². The van der Waals surface area contributed by atoms with Gasteiger partial charge in [0.2, 0.25) is 5.91 Å². The predicted octanol–water partition coefficient (Wildman–Crippen LogP) is 0.365. The van der Waals surface area contributed by atoms with Crippen molar-refractivity contribution in [1.82, 2.24) is 0 Å². The molecule has 0 saturated heterocycles. The maximum atomic E-state index is 10.8. The summed E-state index contributed by atoms with van der Waals surface area (Å²) in [5.41, 5.74) is 12.3. The van der Waals surface area contributed by atoms with Crippen molar-refractivity contribution in [3.05, 3.63) is 23.8 Å². The lowest BCUT2D eigenvalue weighted by molar-refractivity contribution is 0.100. The van der Waals surface area contributed by atoms with Gasteiger partial charge >= 0.3 is 0 Å². The zero-order chi connectivity index (χ0) is 10.7. The van der Waals surface area contributed by atoms with Gasteiger partial charge in [-0.15, -0.1) is 0 Å². The predicted molar refractivity (Wildman–Crippen MR) is 54.8 cm³/mol. The quantitative estimate of drug-likeness (QED) is 0.539. The second-order valence-electron chi connectivity index (χ2n) is 2.82. The number of anilines is 2. The Labute approximate surface area is 82.2 Å². The Morgan fingerprint density at radius 3 is 2.57 bits per heavy atom. The minimum Gasteiger partial charge on any atom is -0.397 e. The molecule has 0 aliphatic rings. The summed E-state index contributed by atoms with van der Waals surface area (Å²) in [6.45, 7) is 0. The van der Waals surface area contributed by atoms with Crippen molar-refractivity contribution >= 4 is 17.3 Å². The summed E-state index contributed by atoms with van der Waals surface area (Å²) in [6.07, 6.45) is 0. The molecule has 0 fully saturated rings. The smallest absolute Gasteiger partial charge is 0.248 e. The molecule has 4 N–H and O–H groups in total. The molecule has 1 rings (SSSR count). The monoisotopic (exact) mass is 195 g/mol. The summed E-state index contributed by atoms with van der Waals surface area (Å²) in [7, 11) is 3.25. The Kier molecular flexibility index (Phi) is 2.93. The molecule has 14 heavy (non-hydrogen) atoms. The molecule has 1 amide bonds. The van der Waals surface area contributed by atoms with Crippen LogP contribution in [-0.4, -0.2) is 20.1 Å². The van der Waals surface area contributed by atoms with E-state index in [1.54, 1.807) is 19.2 Å². The fraction of sp³-hybridized carbons (Fsp3) is 0.222. The molecule has 0 bridgehead atoms. The molecule has 0 aliphatic carbocycles. The van der Waals surface area contributed by atoms with E-state index in [4.69, 9.17) is 16.3 Å². The van der Waals surface area contributed by atoms with Crippen molar-refractivity contribution in [1.29, 1.82) is 0 Å². The maximum absolute atomic E-state index is 10.8. The number of hydroxylamine groups is 1. The van der Waals surface area contributed by atoms with Crippen molar-refractivity contribution in [2.45, 2.75) is 0 Å². The van der Waals surface area contributed by atoms with E-state index >= 15 is 0 Å². The Bertz CT molecular complexity index is 352. The molecule has 0 saturated carbocycles. The topological polar surface area (TPSA) is 81.6 Å². The molecule has 1 aromatic carbocycles. The highest BCUT2D eigenvalue weighted by molar-refractivity contribution is 5.94. The number of carbonyl (C=O) groups is 1. The Morgan fingerprint density at radius 1 is 1.50 bits per heavy atom. The first-order valence-electron chi connectivity index (χ1n) is 4.03. The number of hydrogen-bond donors (Lipinski definition) is 2. The average molecular weight is 195 g/mol. The highest BCUT2D eigenvalue weighted by atomic mass is 16.7. The molecule has 0 atom stereocenters. The second kappa shape index (κ2) is 3.97. The lowest BCUT2D eigenvalue weighted by atomic mass is 10.1. The number of hydrogen-bond acceptors (Lipinski definition) is 4. The standard InChI is InChI=1S/C9H13N3O2/c1-12(14-2)8-4-3-6(9(11)13)5-7(8)10/h3-5H,10H2,1-2H3,(H2,11,13). The minimum atomic E-state index is -0.497. The molecule has 0 aromatic heterocycles. The average Bonchev–Trinajstić information content (AvgIpc) is 2.16. The van der Waals surface area contributed by atoms with Gasteiger partial charge in [0.15, 0.2) is 0 Å². The molecule has 0 heterocycles. The van der Waals surface area contributed by atoms with Crippen LogP contribution in [0.25, 0.3) is 0 Å². The van der Waals surface area contributed by atoms with Crippen molar-refractivity contribution in [2.75, 3.05) is 25.0 Å². The van der Waals surface area contributed by atoms with Crippen LogP contribution in [0.1, 0.15) is 10.4 Å². The zero-order valence-electron chi connectivity index (χ0n) is 8.15. The van der Waals surface area contributed by atoms with E-state index < -0.39 is 5.91 Å². The number of primary amides is 1. The van der Waals surface area contributed by atoms with Gasteiger partial charge in [-0.3, -0.25) is 14.7 Å². The van der Waals surface area contributed by atoms with Crippen LogP contribution < -0.4 is 16.5 Å². The molecular weight excluding hydrogens is 182 g/mol. The third-order valence-corrected chi connectivity index (χ3v) is 1.93. The normalized spacial score (nSPS) is 9.86. The summed E-state index contributed by atoms with van der Waals surface area (Å²) in [5, 5.41) is 1.50. The Hall–Kier alpha value is -1.75. The number of nitrogen functional groups attached to an aromatic ring is 1. The van der Waals surface area contributed by atoms with Gasteiger partial charge in [-0.05, 0) is 18.2 Å². The van der Waals surface area contributed by atoms with Gasteiger partial charge in [-0.2, -0.15) is 0 Å². The largest absolute Gasteiger partial charge is 0.397 e. The van der Waals surface area contributed by atoms with Gasteiger partial charge in [-0.1, -0.05) is 0 Å². The number of carbonyl (C=O) groups excluding carboxylic acids is 1. The van der Waals surface area contributed by atoms with Crippen LogP contribution in [0.2, 0.25) is 0 Å². The first kappa shape index (κ1) is 10.3. The molecular formula is C9H13N3O2. The van der Waals surface area contributed by atoms with E-state index in [-0.39, 0.29) is 0 Å². The van der Waals surface area contributed by atoms with E-state index in [9.17, 15) is 4.79 Å². The summed E-state index contributed by atoms with van der Waals surface area (Å²) >= 11 is 0. The van der Waals surface area contributed by atoms with Crippen molar-refractivity contribution in [2.24, 2.45) is 5.73 Å². The number of benzene rings is 1. The van der Waals surface area contributed by atoms with Crippen LogP contribution in [0.4, 0.5) is 11.4 Å². The summed E-state index contributed by atoms with van der Waals surface area (Å²) < 4.78 is 0. The van der Waals surface area contributed by atoms with Crippen LogP contribution in [0, 0.1) is 0 Å². The van der Waals surface area contributed by atoms with Crippen LogP contribution in [0.5, 0.6) is 0 Å². The van der Waals surface area contributed by atoms with Gasteiger partial charge in [0.05, 0.1) is 18.5 Å². The molecule has 1 aromatic rings. The fourth-order valence-electron chi connectivity index (χ4n) is 1.09. The van der Waals surface area contributed by atoms with Gasteiger partial charge in [0.1, 0.15) is 0 Å². The van der Waals surface area contributed by atoms with Crippen LogP contribution in [0.15, 0.2) is 18.2 Å². The van der Waals surface area contributed by atoms with Gasteiger partial charge < -0.3 is 11.5 Å². The van der Waals surface area contributed by atoms with Crippen molar-refractivity contribution in [3.63, 3.8) is 0 Å². The third-order valence-electron chi connectivity index (χ3n) is 1.93. The summed E-state index contributed by atoms with van der Waals surface area (Å²) in [5.74, 6) is -0.497. The minimum absolute atomic E-state index is 0.385. The zero-order valence-corrected chi connectivity index (χ0v) is 8.15. The van der Waals surface area contributed by atoms with Crippen LogP contribution >= 0.6 is 0 Å². The number of amides is 1. The number of nitrogens with zero attached hydrogens (tertiary/aromatic N) is 1. The fourth-order valence-corrected chi connectivity index (χ4v) is 1.09. The van der Waals surface area contributed by atoms with Crippen LogP contribution in [-0.2, 0) is 4.84 Å². The summed E-state index contributed by atoms with van der Waals surface area (Å²) in [6, 6.07) is 4.80. The first-order valence-corrected chi connectivity index (χ1v) is 4.03. The molecule has 76 valence electrons. The molecule has 0 unspecified atom stereocenters. The van der Waals surface area contributed by atoms with Crippen molar-refractivity contribution in [3.8, 4) is 0 Å². The van der Waals surface area contributed by atoms with E-state index in [2.05, 4.69) is 0 Å². The Balaban J connectivity index is 3.07. The Morgan fingerprint density at radius 2 is 2.14 bits per heavy atom. The lowest BCUT2D eigenvalue weighted by Crippen LogP contribution is -2.17. The lowest BCUT2D eigenvalue weighted by Gasteiger charge is -2.17. The third kappa shape index (κ3) is 1.94. The van der Waals surface area contributed by atoms with E-state index in [0.717, 1.165) is 0 Å². The first-order chi connectivity index (χ1) is 6.56. The SMILES string of the molecule is CON(C)c1ccc(C(N)=O)cc1N. The molecule has 5 heteroatoms. The van der Waals surface area contributed by atoms with Crippen LogP contribution in [0.3, 0.4) is 0 Å². The van der Waals surface area contributed by atoms with Gasteiger partial charge in [0.25, 0.3) is 0 Å². The van der Waals surface area contributed by atoms with Gasteiger partial charge in [0, 0.05) is 12.6 Å². The second-order valence-corrected chi connectivity index (χ2v) is 2.82. The number of nitrogens with two attached hydrogens (primary N) is 2. The molecule has 0 radical (unpaired) electrons. The maximum Gasteiger partial charge on any atom is 0.248 e. The summed E-state index contributed by atoms with van der Waals surface area (Å²) in [4.78, 5) is 15.8. The van der Waals surface area contributed by atoms with E-state index in [0.29, 0.717) is 16.9 Å². The van der Waals surface area contributed by atoms with E-state index in [1.165, 1.54) is 18.2 Å². The van der Waals surface area contributed by atoms with Gasteiger partial charge in [-0.25, -0.2) is 0 Å². The highest BCUT2D eigenvalue weighted by Gasteiger charge is 2.07. The number of rotatable bonds is 3. The molecule has 0 spiro atoms. The van der Waals surface area contributed by atoms with E-state index in [1.807, 2.05) is 0 Å². The molecule has 0 aliphatic heterocycles. The molecule has 5 nitrogen and oxygen atoms in total. The highest BCUT2D eigenvalue weighted by Crippen LogP contribution is 2.22.